The molecule has 0 aliphatic carbocycles. The SMILES string of the molecule is Cn1c(-c2ccc(C(=N)N)cc2)ccc1-c1ccc(C(=N)N)cc1. The zero-order chi connectivity index (χ0) is 17.3. The molecule has 0 unspecified atom stereocenters. The molecule has 0 fully saturated rings. The van der Waals surface area contributed by atoms with E-state index in [4.69, 9.17) is 22.3 Å². The number of hydrogen-bond acceptors (Lipinski definition) is 2. The molecule has 24 heavy (non-hydrogen) atoms. The molecule has 0 spiro atoms. The molecule has 120 valence electrons. The Kier molecular flexibility index (Phi) is 3.92. The van der Waals surface area contributed by atoms with Gasteiger partial charge < -0.3 is 16.0 Å². The Morgan fingerprint density at radius 1 is 0.667 bits per heavy atom. The third kappa shape index (κ3) is 2.79. The summed E-state index contributed by atoms with van der Waals surface area (Å²) in [5.74, 6) is 0.138. The van der Waals surface area contributed by atoms with Crippen LogP contribution in [0.3, 0.4) is 0 Å². The topological polar surface area (TPSA) is 105 Å². The molecule has 3 aromatic rings. The molecule has 0 atom stereocenters. The molecule has 0 radical (unpaired) electrons. The van der Waals surface area contributed by atoms with E-state index in [1.54, 1.807) is 0 Å². The van der Waals surface area contributed by atoms with Crippen molar-refractivity contribution in [2.24, 2.45) is 18.5 Å². The van der Waals surface area contributed by atoms with Crippen LogP contribution in [0.25, 0.3) is 22.5 Å². The summed E-state index contributed by atoms with van der Waals surface area (Å²) in [5, 5.41) is 14.9. The predicted octanol–water partition coefficient (Wildman–Crippen LogP) is 2.93. The van der Waals surface area contributed by atoms with Crippen LogP contribution in [0, 0.1) is 10.8 Å². The van der Waals surface area contributed by atoms with Crippen molar-refractivity contribution < 1.29 is 0 Å². The van der Waals surface area contributed by atoms with Crippen molar-refractivity contribution >= 4 is 11.7 Å². The number of amidine groups is 2. The normalized spacial score (nSPS) is 10.5. The Morgan fingerprint density at radius 2 is 1.00 bits per heavy atom. The number of hydrogen-bond donors (Lipinski definition) is 4. The highest BCUT2D eigenvalue weighted by atomic mass is 15.0. The van der Waals surface area contributed by atoms with Crippen LogP contribution in [0.2, 0.25) is 0 Å². The Balaban J connectivity index is 1.96. The average Bonchev–Trinajstić information content (AvgIpc) is 2.96. The van der Waals surface area contributed by atoms with Gasteiger partial charge in [-0.15, -0.1) is 0 Å². The second-order valence-electron chi connectivity index (χ2n) is 5.64. The maximum Gasteiger partial charge on any atom is 0.122 e. The predicted molar refractivity (Wildman–Crippen MR) is 98.3 cm³/mol. The van der Waals surface area contributed by atoms with Crippen LogP contribution >= 0.6 is 0 Å². The maximum absolute atomic E-state index is 7.47. The van der Waals surface area contributed by atoms with Crippen molar-refractivity contribution in [1.29, 1.82) is 10.8 Å². The van der Waals surface area contributed by atoms with E-state index in [0.717, 1.165) is 22.5 Å². The molecule has 1 aromatic heterocycles. The number of aromatic nitrogens is 1. The molecule has 5 nitrogen and oxygen atoms in total. The van der Waals surface area contributed by atoms with E-state index in [1.165, 1.54) is 0 Å². The van der Waals surface area contributed by atoms with Crippen LogP contribution in [-0.4, -0.2) is 16.2 Å². The van der Waals surface area contributed by atoms with Gasteiger partial charge in [-0.3, -0.25) is 10.8 Å². The fourth-order valence-electron chi connectivity index (χ4n) is 2.73. The van der Waals surface area contributed by atoms with E-state index in [9.17, 15) is 0 Å². The first kappa shape index (κ1) is 15.6. The molecule has 0 saturated carbocycles. The van der Waals surface area contributed by atoms with Crippen molar-refractivity contribution in [3.63, 3.8) is 0 Å². The number of nitrogens with one attached hydrogen (secondary N) is 2. The summed E-state index contributed by atoms with van der Waals surface area (Å²) in [7, 11) is 2.02. The molecule has 6 N–H and O–H groups in total. The van der Waals surface area contributed by atoms with Crippen molar-refractivity contribution in [2.45, 2.75) is 0 Å². The third-order valence-corrected chi connectivity index (χ3v) is 4.11. The van der Waals surface area contributed by atoms with Crippen LogP contribution in [0.5, 0.6) is 0 Å². The quantitative estimate of drug-likeness (QED) is 0.439. The highest BCUT2D eigenvalue weighted by Gasteiger charge is 2.09. The highest BCUT2D eigenvalue weighted by Crippen LogP contribution is 2.28. The molecule has 1 heterocycles. The molecule has 0 saturated heterocycles. The zero-order valence-electron chi connectivity index (χ0n) is 13.4. The van der Waals surface area contributed by atoms with Crippen molar-refractivity contribution in [2.75, 3.05) is 0 Å². The van der Waals surface area contributed by atoms with Gasteiger partial charge in [0.1, 0.15) is 11.7 Å². The molecule has 5 heteroatoms. The van der Waals surface area contributed by atoms with Gasteiger partial charge in [0.25, 0.3) is 0 Å². The van der Waals surface area contributed by atoms with Crippen molar-refractivity contribution in [3.05, 3.63) is 71.8 Å². The minimum atomic E-state index is 0.0691. The Morgan fingerprint density at radius 3 is 1.29 bits per heavy atom. The monoisotopic (exact) mass is 317 g/mol. The number of nitrogen functional groups attached to an aromatic ring is 2. The summed E-state index contributed by atoms with van der Waals surface area (Å²) < 4.78 is 2.12. The van der Waals surface area contributed by atoms with Gasteiger partial charge in [0.05, 0.1) is 0 Å². The van der Waals surface area contributed by atoms with E-state index in [0.29, 0.717) is 11.1 Å². The molecule has 3 rings (SSSR count). The molecule has 2 aromatic carbocycles. The summed E-state index contributed by atoms with van der Waals surface area (Å²) in [6.07, 6.45) is 0. The van der Waals surface area contributed by atoms with E-state index in [-0.39, 0.29) is 11.7 Å². The Bertz CT molecular complexity index is 827. The molecule has 0 aliphatic rings. The largest absolute Gasteiger partial charge is 0.384 e. The number of rotatable bonds is 4. The van der Waals surface area contributed by atoms with Gasteiger partial charge >= 0.3 is 0 Å². The third-order valence-electron chi connectivity index (χ3n) is 4.11. The van der Waals surface area contributed by atoms with Gasteiger partial charge in [0, 0.05) is 29.6 Å². The lowest BCUT2D eigenvalue weighted by molar-refractivity contribution is 0.946. The van der Waals surface area contributed by atoms with Gasteiger partial charge in [0.15, 0.2) is 0 Å². The average molecular weight is 317 g/mol. The van der Waals surface area contributed by atoms with Crippen LogP contribution in [0.4, 0.5) is 0 Å². The highest BCUT2D eigenvalue weighted by molar-refractivity contribution is 5.96. The van der Waals surface area contributed by atoms with E-state index in [1.807, 2.05) is 55.6 Å². The second kappa shape index (κ2) is 6.04. The Labute approximate surface area is 140 Å². The van der Waals surface area contributed by atoms with Gasteiger partial charge in [-0.25, -0.2) is 0 Å². The minimum absolute atomic E-state index is 0.0691. The molecule has 0 amide bonds. The smallest absolute Gasteiger partial charge is 0.122 e. The van der Waals surface area contributed by atoms with Crippen molar-refractivity contribution in [1.82, 2.24) is 4.57 Å². The standard InChI is InChI=1S/C19H19N5/c1-24-16(12-2-6-14(7-3-12)18(20)21)10-11-17(24)13-4-8-15(9-5-13)19(22)23/h2-11H,1H3,(H3,20,21)(H3,22,23). The first-order valence-corrected chi connectivity index (χ1v) is 7.53. The van der Waals surface area contributed by atoms with Gasteiger partial charge in [-0.05, 0) is 23.3 Å². The molecule has 0 aliphatic heterocycles. The molecular weight excluding hydrogens is 298 g/mol. The number of nitrogens with two attached hydrogens (primary N) is 2. The maximum atomic E-state index is 7.47. The lowest BCUT2D eigenvalue weighted by atomic mass is 10.1. The number of benzene rings is 2. The first-order valence-electron chi connectivity index (χ1n) is 7.53. The minimum Gasteiger partial charge on any atom is -0.384 e. The zero-order valence-corrected chi connectivity index (χ0v) is 13.4. The summed E-state index contributed by atoms with van der Waals surface area (Å²) in [4.78, 5) is 0. The fourth-order valence-corrected chi connectivity index (χ4v) is 2.73. The van der Waals surface area contributed by atoms with Gasteiger partial charge in [-0.1, -0.05) is 48.5 Å². The number of nitrogens with zero attached hydrogens (tertiary/aromatic N) is 1. The fraction of sp³-hybridized carbons (Fsp3) is 0.0526. The molecule has 0 bridgehead atoms. The summed E-state index contributed by atoms with van der Waals surface area (Å²) in [6.45, 7) is 0. The summed E-state index contributed by atoms with van der Waals surface area (Å²) >= 11 is 0. The van der Waals surface area contributed by atoms with Crippen molar-refractivity contribution in [3.8, 4) is 22.5 Å². The second-order valence-corrected chi connectivity index (χ2v) is 5.64. The lowest BCUT2D eigenvalue weighted by Gasteiger charge is -2.09. The van der Waals surface area contributed by atoms with Crippen LogP contribution in [0.1, 0.15) is 11.1 Å². The van der Waals surface area contributed by atoms with Gasteiger partial charge in [0.2, 0.25) is 0 Å². The van der Waals surface area contributed by atoms with E-state index < -0.39 is 0 Å². The van der Waals surface area contributed by atoms with Gasteiger partial charge in [-0.2, -0.15) is 0 Å². The van der Waals surface area contributed by atoms with Crippen LogP contribution in [-0.2, 0) is 7.05 Å². The molecular formula is C19H19N5. The summed E-state index contributed by atoms with van der Waals surface area (Å²) in [5.41, 5.74) is 16.7. The summed E-state index contributed by atoms with van der Waals surface area (Å²) in [6, 6.07) is 19.4. The Hall–Kier alpha value is -3.34. The van der Waals surface area contributed by atoms with Crippen LogP contribution < -0.4 is 11.5 Å². The van der Waals surface area contributed by atoms with Crippen LogP contribution in [0.15, 0.2) is 60.7 Å². The lowest BCUT2D eigenvalue weighted by Crippen LogP contribution is -2.10. The first-order chi connectivity index (χ1) is 11.5. The van der Waals surface area contributed by atoms with E-state index in [2.05, 4.69) is 16.7 Å². The van der Waals surface area contributed by atoms with E-state index >= 15 is 0 Å².